The summed E-state index contributed by atoms with van der Waals surface area (Å²) in [6.45, 7) is 0. The first-order valence-electron chi connectivity index (χ1n) is 4.82. The lowest BCUT2D eigenvalue weighted by Crippen LogP contribution is -1.98. The molecule has 3 aromatic heterocycles. The van der Waals surface area contributed by atoms with E-state index in [1.54, 1.807) is 23.1 Å². The standard InChI is InChI=1S/C10H7IN6/c11-8-5-13-9-2-1-7(16-17(8)9)6-3-14-10(12)15-4-6/h1-5H,(H2,12,14,15). The number of imidazole rings is 1. The zero-order valence-corrected chi connectivity index (χ0v) is 10.7. The monoisotopic (exact) mass is 338 g/mol. The van der Waals surface area contributed by atoms with E-state index >= 15 is 0 Å². The van der Waals surface area contributed by atoms with E-state index in [4.69, 9.17) is 5.73 Å². The van der Waals surface area contributed by atoms with Crippen molar-refractivity contribution in [1.82, 2.24) is 24.6 Å². The van der Waals surface area contributed by atoms with Gasteiger partial charge in [-0.2, -0.15) is 5.10 Å². The van der Waals surface area contributed by atoms with E-state index in [0.29, 0.717) is 0 Å². The van der Waals surface area contributed by atoms with Gasteiger partial charge < -0.3 is 5.73 Å². The molecule has 0 amide bonds. The van der Waals surface area contributed by atoms with Gasteiger partial charge in [-0.05, 0) is 34.7 Å². The van der Waals surface area contributed by atoms with Crippen molar-refractivity contribution in [2.24, 2.45) is 0 Å². The highest BCUT2D eigenvalue weighted by Crippen LogP contribution is 2.16. The Kier molecular flexibility index (Phi) is 2.39. The fourth-order valence-electron chi connectivity index (χ4n) is 1.47. The molecule has 6 nitrogen and oxygen atoms in total. The van der Waals surface area contributed by atoms with E-state index < -0.39 is 0 Å². The van der Waals surface area contributed by atoms with Gasteiger partial charge in [0.25, 0.3) is 0 Å². The summed E-state index contributed by atoms with van der Waals surface area (Å²) in [5.41, 5.74) is 7.87. The molecule has 3 aromatic rings. The number of hydrogen-bond donors (Lipinski definition) is 1. The van der Waals surface area contributed by atoms with Gasteiger partial charge >= 0.3 is 0 Å². The lowest BCUT2D eigenvalue weighted by Gasteiger charge is -2.01. The third-order valence-electron chi connectivity index (χ3n) is 2.29. The van der Waals surface area contributed by atoms with E-state index in [0.717, 1.165) is 20.6 Å². The van der Waals surface area contributed by atoms with E-state index in [-0.39, 0.29) is 5.95 Å². The third kappa shape index (κ3) is 1.82. The molecule has 0 aromatic carbocycles. The van der Waals surface area contributed by atoms with Crippen LogP contribution in [-0.2, 0) is 0 Å². The third-order valence-corrected chi connectivity index (χ3v) is 3.02. The van der Waals surface area contributed by atoms with Crippen LogP contribution in [0.25, 0.3) is 16.9 Å². The molecule has 3 rings (SSSR count). The predicted molar refractivity (Wildman–Crippen MR) is 71.1 cm³/mol. The second-order valence-corrected chi connectivity index (χ2v) is 4.50. The number of nitrogens with two attached hydrogens (primary N) is 1. The van der Waals surface area contributed by atoms with Gasteiger partial charge in [-0.3, -0.25) is 0 Å². The quantitative estimate of drug-likeness (QED) is 0.678. The average Bonchev–Trinajstić information content (AvgIpc) is 2.72. The molecule has 0 unspecified atom stereocenters. The Balaban J connectivity index is 2.17. The van der Waals surface area contributed by atoms with Crippen LogP contribution < -0.4 is 5.73 Å². The highest BCUT2D eigenvalue weighted by atomic mass is 127. The first-order chi connectivity index (χ1) is 8.24. The highest BCUT2D eigenvalue weighted by Gasteiger charge is 2.05. The molecule has 0 bridgehead atoms. The van der Waals surface area contributed by atoms with Crippen LogP contribution in [0.2, 0.25) is 0 Å². The molecule has 0 aliphatic rings. The van der Waals surface area contributed by atoms with Gasteiger partial charge in [0.15, 0.2) is 5.65 Å². The molecule has 0 fully saturated rings. The molecule has 0 saturated heterocycles. The van der Waals surface area contributed by atoms with Gasteiger partial charge in [0.2, 0.25) is 5.95 Å². The summed E-state index contributed by atoms with van der Waals surface area (Å²) in [5, 5.41) is 4.46. The summed E-state index contributed by atoms with van der Waals surface area (Å²) in [6, 6.07) is 3.79. The van der Waals surface area contributed by atoms with E-state index in [2.05, 4.69) is 42.6 Å². The number of fused-ring (bicyclic) bond motifs is 1. The van der Waals surface area contributed by atoms with E-state index in [1.807, 2.05) is 12.1 Å². The molecule has 0 aliphatic heterocycles. The number of hydrogen-bond acceptors (Lipinski definition) is 5. The average molecular weight is 338 g/mol. The maximum absolute atomic E-state index is 5.44. The molecule has 0 saturated carbocycles. The topological polar surface area (TPSA) is 82.0 Å². The molecular formula is C10H7IN6. The molecule has 3 heterocycles. The first kappa shape index (κ1) is 10.4. The second-order valence-electron chi connectivity index (χ2n) is 3.40. The molecular weight excluding hydrogens is 331 g/mol. The number of anilines is 1. The molecule has 2 N–H and O–H groups in total. The molecule has 0 aliphatic carbocycles. The summed E-state index contributed by atoms with van der Waals surface area (Å²) in [7, 11) is 0. The molecule has 0 atom stereocenters. The van der Waals surface area contributed by atoms with Crippen LogP contribution in [0, 0.1) is 3.70 Å². The second kappa shape index (κ2) is 3.91. The minimum absolute atomic E-state index is 0.257. The minimum Gasteiger partial charge on any atom is -0.368 e. The Morgan fingerprint density at radius 3 is 2.59 bits per heavy atom. The largest absolute Gasteiger partial charge is 0.368 e. The maximum atomic E-state index is 5.44. The fraction of sp³-hybridized carbons (Fsp3) is 0. The van der Waals surface area contributed by atoms with Crippen LogP contribution in [0.15, 0.2) is 30.7 Å². The van der Waals surface area contributed by atoms with Gasteiger partial charge in [0, 0.05) is 18.0 Å². The number of nitrogens with zero attached hydrogens (tertiary/aromatic N) is 5. The van der Waals surface area contributed by atoms with Gasteiger partial charge in [-0.15, -0.1) is 0 Å². The SMILES string of the molecule is Nc1ncc(-c2ccc3ncc(I)n3n2)cn1. The fourth-order valence-corrected chi connectivity index (χ4v) is 1.96. The van der Waals surface area contributed by atoms with Crippen LogP contribution >= 0.6 is 22.6 Å². The Bertz CT molecular complexity index is 675. The van der Waals surface area contributed by atoms with Gasteiger partial charge in [-0.25, -0.2) is 19.5 Å². The van der Waals surface area contributed by atoms with Crippen molar-refractivity contribution in [3.63, 3.8) is 0 Å². The molecule has 0 radical (unpaired) electrons. The Morgan fingerprint density at radius 1 is 1.06 bits per heavy atom. The number of nitrogen functional groups attached to an aromatic ring is 1. The smallest absolute Gasteiger partial charge is 0.219 e. The van der Waals surface area contributed by atoms with Crippen LogP contribution in [-0.4, -0.2) is 24.6 Å². The number of aromatic nitrogens is 5. The minimum atomic E-state index is 0.257. The van der Waals surface area contributed by atoms with Gasteiger partial charge in [-0.1, -0.05) is 0 Å². The zero-order valence-electron chi connectivity index (χ0n) is 8.58. The molecule has 84 valence electrons. The summed E-state index contributed by atoms with van der Waals surface area (Å²) in [5.74, 6) is 0.257. The summed E-state index contributed by atoms with van der Waals surface area (Å²) >= 11 is 2.18. The lowest BCUT2D eigenvalue weighted by molar-refractivity contribution is 0.918. The Hall–Kier alpha value is -1.77. The van der Waals surface area contributed by atoms with E-state index in [9.17, 15) is 0 Å². The van der Waals surface area contributed by atoms with Crippen molar-refractivity contribution in [2.75, 3.05) is 5.73 Å². The van der Waals surface area contributed by atoms with Crippen LogP contribution in [0.5, 0.6) is 0 Å². The predicted octanol–water partition coefficient (Wildman–Crippen LogP) is 1.37. The highest BCUT2D eigenvalue weighted by molar-refractivity contribution is 14.1. The van der Waals surface area contributed by atoms with Crippen molar-refractivity contribution in [1.29, 1.82) is 0 Å². The lowest BCUT2D eigenvalue weighted by atomic mass is 10.2. The number of halogens is 1. The van der Waals surface area contributed by atoms with Crippen LogP contribution in [0.1, 0.15) is 0 Å². The van der Waals surface area contributed by atoms with Crippen molar-refractivity contribution in [2.45, 2.75) is 0 Å². The van der Waals surface area contributed by atoms with E-state index in [1.165, 1.54) is 0 Å². The van der Waals surface area contributed by atoms with Gasteiger partial charge in [0.1, 0.15) is 3.70 Å². The summed E-state index contributed by atoms with van der Waals surface area (Å²) in [6.07, 6.45) is 5.08. The van der Waals surface area contributed by atoms with Crippen molar-refractivity contribution < 1.29 is 0 Å². The molecule has 0 spiro atoms. The first-order valence-corrected chi connectivity index (χ1v) is 5.90. The van der Waals surface area contributed by atoms with Crippen molar-refractivity contribution in [3.8, 4) is 11.3 Å². The number of rotatable bonds is 1. The van der Waals surface area contributed by atoms with Crippen molar-refractivity contribution in [3.05, 3.63) is 34.4 Å². The summed E-state index contributed by atoms with van der Waals surface area (Å²) < 4.78 is 2.72. The molecule has 7 heteroatoms. The van der Waals surface area contributed by atoms with Crippen molar-refractivity contribution >= 4 is 34.2 Å². The van der Waals surface area contributed by atoms with Crippen LogP contribution in [0.3, 0.4) is 0 Å². The Labute approximate surface area is 110 Å². The van der Waals surface area contributed by atoms with Crippen LogP contribution in [0.4, 0.5) is 5.95 Å². The van der Waals surface area contributed by atoms with Gasteiger partial charge in [0.05, 0.1) is 11.9 Å². The normalized spacial score (nSPS) is 10.9. The Morgan fingerprint density at radius 2 is 1.82 bits per heavy atom. The maximum Gasteiger partial charge on any atom is 0.219 e. The summed E-state index contributed by atoms with van der Waals surface area (Å²) in [4.78, 5) is 12.1. The molecule has 17 heavy (non-hydrogen) atoms. The zero-order chi connectivity index (χ0) is 11.8.